The summed E-state index contributed by atoms with van der Waals surface area (Å²) in [5.41, 5.74) is 0. The van der Waals surface area contributed by atoms with Crippen LogP contribution < -0.4 is 0 Å². The minimum Gasteiger partial charge on any atom is -0.391 e. The van der Waals surface area contributed by atoms with Crippen LogP contribution in [0.25, 0.3) is 0 Å². The van der Waals surface area contributed by atoms with Crippen molar-refractivity contribution < 1.29 is 5.11 Å². The van der Waals surface area contributed by atoms with Gasteiger partial charge in [-0.2, -0.15) is 23.5 Å². The van der Waals surface area contributed by atoms with Gasteiger partial charge in [-0.3, -0.25) is 0 Å². The second-order valence-corrected chi connectivity index (χ2v) is 8.89. The second-order valence-electron chi connectivity index (χ2n) is 6.74. The zero-order valence-corrected chi connectivity index (χ0v) is 14.5. The Hall–Kier alpha value is 0.660. The predicted octanol–water partition coefficient (Wildman–Crippen LogP) is 4.97. The Kier molecular flexibility index (Phi) is 8.85. The molecule has 0 aromatic carbocycles. The summed E-state index contributed by atoms with van der Waals surface area (Å²) in [5, 5.41) is 10.1. The number of rotatable bonds is 8. The highest BCUT2D eigenvalue weighted by Crippen LogP contribution is 2.28. The topological polar surface area (TPSA) is 20.2 Å². The third-order valence-electron chi connectivity index (χ3n) is 4.78. The van der Waals surface area contributed by atoms with E-state index >= 15 is 0 Å². The molecule has 20 heavy (non-hydrogen) atoms. The van der Waals surface area contributed by atoms with Gasteiger partial charge < -0.3 is 5.11 Å². The molecular formula is C17H32OS2. The number of thioether (sulfide) groups is 2. The van der Waals surface area contributed by atoms with Gasteiger partial charge in [-0.05, 0) is 49.0 Å². The molecule has 0 radical (unpaired) electrons. The third kappa shape index (κ3) is 7.09. The molecule has 1 nitrogen and oxygen atoms in total. The average molecular weight is 317 g/mol. The van der Waals surface area contributed by atoms with E-state index in [1.54, 1.807) is 0 Å². The number of hydrogen-bond acceptors (Lipinski definition) is 3. The van der Waals surface area contributed by atoms with Crippen molar-refractivity contribution >= 4 is 23.5 Å². The van der Waals surface area contributed by atoms with Crippen LogP contribution in [0.3, 0.4) is 0 Å². The van der Waals surface area contributed by atoms with Gasteiger partial charge in [-0.1, -0.05) is 38.5 Å². The molecule has 118 valence electrons. The van der Waals surface area contributed by atoms with Crippen molar-refractivity contribution in [2.45, 2.75) is 70.3 Å². The first-order valence-electron chi connectivity index (χ1n) is 8.68. The van der Waals surface area contributed by atoms with Gasteiger partial charge in [0.15, 0.2) is 0 Å². The van der Waals surface area contributed by atoms with Crippen molar-refractivity contribution in [2.24, 2.45) is 11.8 Å². The molecular weight excluding hydrogens is 284 g/mol. The highest BCUT2D eigenvalue weighted by atomic mass is 32.2. The van der Waals surface area contributed by atoms with Gasteiger partial charge in [-0.15, -0.1) is 0 Å². The molecule has 2 aliphatic carbocycles. The number of aliphatic hydroxyl groups is 1. The summed E-state index contributed by atoms with van der Waals surface area (Å²) >= 11 is 3.98. The van der Waals surface area contributed by atoms with Gasteiger partial charge in [0.05, 0.1) is 6.10 Å². The summed E-state index contributed by atoms with van der Waals surface area (Å²) in [6.07, 6.45) is 14.3. The first kappa shape index (κ1) is 17.0. The maximum Gasteiger partial charge on any atom is 0.0720 e. The Balaban J connectivity index is 1.44. The van der Waals surface area contributed by atoms with Crippen LogP contribution in [0.2, 0.25) is 0 Å². The van der Waals surface area contributed by atoms with Gasteiger partial charge >= 0.3 is 0 Å². The Morgan fingerprint density at radius 2 is 1.10 bits per heavy atom. The molecule has 1 N–H and O–H groups in total. The van der Waals surface area contributed by atoms with Crippen LogP contribution in [-0.4, -0.2) is 34.2 Å². The molecule has 0 aromatic rings. The first-order chi connectivity index (χ1) is 9.84. The molecule has 0 saturated heterocycles. The average Bonchev–Trinajstić information content (AvgIpc) is 2.49. The van der Waals surface area contributed by atoms with Gasteiger partial charge in [0.2, 0.25) is 0 Å². The zero-order valence-electron chi connectivity index (χ0n) is 12.9. The minimum absolute atomic E-state index is 0.0859. The molecule has 2 fully saturated rings. The highest BCUT2D eigenvalue weighted by molar-refractivity contribution is 8.00. The van der Waals surface area contributed by atoms with Crippen molar-refractivity contribution in [1.82, 2.24) is 0 Å². The van der Waals surface area contributed by atoms with Crippen LogP contribution >= 0.6 is 23.5 Å². The molecule has 0 atom stereocenters. The summed E-state index contributed by atoms with van der Waals surface area (Å²) in [5.74, 6) is 6.35. The van der Waals surface area contributed by atoms with Crippen molar-refractivity contribution in [3.63, 3.8) is 0 Å². The van der Waals surface area contributed by atoms with Crippen LogP contribution in [-0.2, 0) is 0 Å². The number of aliphatic hydroxyl groups excluding tert-OH is 1. The fourth-order valence-corrected chi connectivity index (χ4v) is 6.03. The normalized spacial score (nSPS) is 22.5. The molecule has 2 aliphatic rings. The Morgan fingerprint density at radius 3 is 1.50 bits per heavy atom. The molecule has 0 heterocycles. The van der Waals surface area contributed by atoms with Crippen molar-refractivity contribution in [2.75, 3.05) is 23.0 Å². The van der Waals surface area contributed by atoms with Gasteiger partial charge in [-0.25, -0.2) is 0 Å². The molecule has 0 amide bonds. The van der Waals surface area contributed by atoms with Gasteiger partial charge in [0.1, 0.15) is 0 Å². The quantitative estimate of drug-likeness (QED) is 0.682. The standard InChI is InChI=1S/C17H32OS2/c18-17(13-19-11-15-7-3-1-4-8-15)14-20-12-16-9-5-2-6-10-16/h15-18H,1-14H2. The van der Waals surface area contributed by atoms with E-state index in [0.717, 1.165) is 23.3 Å². The Bertz CT molecular complexity index is 211. The SMILES string of the molecule is OC(CSCC1CCCCC1)CSCC1CCCCC1. The molecule has 0 bridgehead atoms. The molecule has 2 saturated carbocycles. The lowest BCUT2D eigenvalue weighted by Gasteiger charge is -2.22. The van der Waals surface area contributed by atoms with E-state index in [0.29, 0.717) is 0 Å². The lowest BCUT2D eigenvalue weighted by atomic mass is 9.91. The van der Waals surface area contributed by atoms with Crippen LogP contribution in [0.4, 0.5) is 0 Å². The van der Waals surface area contributed by atoms with Crippen molar-refractivity contribution in [3.05, 3.63) is 0 Å². The maximum atomic E-state index is 10.1. The first-order valence-corrected chi connectivity index (χ1v) is 11.0. The van der Waals surface area contributed by atoms with Crippen LogP contribution in [0.5, 0.6) is 0 Å². The van der Waals surface area contributed by atoms with Crippen molar-refractivity contribution in [3.8, 4) is 0 Å². The summed E-state index contributed by atoms with van der Waals surface area (Å²) < 4.78 is 0. The van der Waals surface area contributed by atoms with E-state index in [4.69, 9.17) is 0 Å². The second kappa shape index (κ2) is 10.4. The molecule has 2 rings (SSSR count). The fraction of sp³-hybridized carbons (Fsp3) is 1.00. The Labute approximate surface area is 134 Å². The van der Waals surface area contributed by atoms with E-state index in [1.165, 1.54) is 75.7 Å². The van der Waals surface area contributed by atoms with Gasteiger partial charge in [0.25, 0.3) is 0 Å². The third-order valence-corrected chi connectivity index (χ3v) is 7.43. The fourth-order valence-electron chi connectivity index (χ4n) is 3.50. The van der Waals surface area contributed by atoms with Crippen molar-refractivity contribution in [1.29, 1.82) is 0 Å². The zero-order chi connectivity index (χ0) is 14.0. The number of hydrogen-bond donors (Lipinski definition) is 1. The lowest BCUT2D eigenvalue weighted by Crippen LogP contribution is -2.17. The molecule has 0 unspecified atom stereocenters. The molecule has 0 spiro atoms. The predicted molar refractivity (Wildman–Crippen MR) is 93.8 cm³/mol. The molecule has 0 aliphatic heterocycles. The summed E-state index contributed by atoms with van der Waals surface area (Å²) in [4.78, 5) is 0. The van der Waals surface area contributed by atoms with E-state index in [1.807, 2.05) is 23.5 Å². The van der Waals surface area contributed by atoms with E-state index < -0.39 is 0 Å². The van der Waals surface area contributed by atoms with E-state index in [2.05, 4.69) is 0 Å². The van der Waals surface area contributed by atoms with Crippen LogP contribution in [0.15, 0.2) is 0 Å². The lowest BCUT2D eigenvalue weighted by molar-refractivity contribution is 0.225. The maximum absolute atomic E-state index is 10.1. The van der Waals surface area contributed by atoms with Gasteiger partial charge in [0, 0.05) is 11.5 Å². The van der Waals surface area contributed by atoms with E-state index in [9.17, 15) is 5.11 Å². The molecule has 0 aromatic heterocycles. The molecule has 3 heteroatoms. The smallest absolute Gasteiger partial charge is 0.0720 e. The summed E-state index contributed by atoms with van der Waals surface area (Å²) in [7, 11) is 0. The highest BCUT2D eigenvalue weighted by Gasteiger charge is 2.16. The van der Waals surface area contributed by atoms with Crippen LogP contribution in [0.1, 0.15) is 64.2 Å². The largest absolute Gasteiger partial charge is 0.391 e. The minimum atomic E-state index is -0.0859. The Morgan fingerprint density at radius 1 is 0.700 bits per heavy atom. The summed E-state index contributed by atoms with van der Waals surface area (Å²) in [6, 6.07) is 0. The summed E-state index contributed by atoms with van der Waals surface area (Å²) in [6.45, 7) is 0. The van der Waals surface area contributed by atoms with E-state index in [-0.39, 0.29) is 6.10 Å². The monoisotopic (exact) mass is 316 g/mol. The van der Waals surface area contributed by atoms with Crippen LogP contribution in [0, 0.1) is 11.8 Å².